The molecule has 1 aromatic rings. The van der Waals surface area contributed by atoms with Gasteiger partial charge in [-0.3, -0.25) is 9.59 Å². The molecule has 0 spiro atoms. The molecular weight excluding hydrogens is 312 g/mol. The summed E-state index contributed by atoms with van der Waals surface area (Å²) in [7, 11) is -3.25. The van der Waals surface area contributed by atoms with Crippen molar-refractivity contribution in [2.75, 3.05) is 25.4 Å². The van der Waals surface area contributed by atoms with E-state index in [1.807, 2.05) is 17.5 Å². The van der Waals surface area contributed by atoms with Crippen molar-refractivity contribution in [2.24, 2.45) is 0 Å². The van der Waals surface area contributed by atoms with Gasteiger partial charge in [-0.05, 0) is 17.9 Å². The number of hydrogen-bond acceptors (Lipinski definition) is 5. The summed E-state index contributed by atoms with van der Waals surface area (Å²) in [6.07, 6.45) is 0.397. The van der Waals surface area contributed by atoms with Crippen molar-refractivity contribution < 1.29 is 18.0 Å². The fourth-order valence-electron chi connectivity index (χ4n) is 2.30. The molecule has 0 unspecified atom stereocenters. The number of nitrogens with one attached hydrogen (secondary N) is 1. The van der Waals surface area contributed by atoms with Gasteiger partial charge in [0.2, 0.25) is 11.8 Å². The van der Waals surface area contributed by atoms with Crippen molar-refractivity contribution in [3.05, 3.63) is 22.4 Å². The highest BCUT2D eigenvalue weighted by Crippen LogP contribution is 2.32. The zero-order valence-electron chi connectivity index (χ0n) is 11.7. The average Bonchev–Trinajstić information content (AvgIpc) is 2.88. The maximum absolute atomic E-state index is 12.3. The molecule has 0 saturated carbocycles. The molecule has 2 amide bonds. The van der Waals surface area contributed by atoms with Crippen molar-refractivity contribution in [3.63, 3.8) is 0 Å². The fourth-order valence-corrected chi connectivity index (χ4v) is 5.30. The number of carbonyl (C=O) groups is 2. The van der Waals surface area contributed by atoms with Gasteiger partial charge < -0.3 is 10.2 Å². The second kappa shape index (κ2) is 6.57. The minimum atomic E-state index is -3.25. The first-order valence-electron chi connectivity index (χ1n) is 6.67. The van der Waals surface area contributed by atoms with Gasteiger partial charge in [0.1, 0.15) is 0 Å². The van der Waals surface area contributed by atoms with E-state index in [-0.39, 0.29) is 30.7 Å². The summed E-state index contributed by atoms with van der Waals surface area (Å²) in [6, 6.07) is 3.65. The van der Waals surface area contributed by atoms with Crippen LogP contribution in [-0.2, 0) is 19.4 Å². The maximum Gasteiger partial charge on any atom is 0.241 e. The summed E-state index contributed by atoms with van der Waals surface area (Å²) in [5.74, 6) is -0.559. The largest absolute Gasteiger partial charge is 0.347 e. The molecule has 1 atom stereocenters. The molecule has 1 N–H and O–H groups in total. The van der Waals surface area contributed by atoms with E-state index >= 15 is 0 Å². The van der Waals surface area contributed by atoms with Crippen LogP contribution in [0.1, 0.15) is 23.5 Å². The smallest absolute Gasteiger partial charge is 0.241 e. The van der Waals surface area contributed by atoms with Gasteiger partial charge in [0.15, 0.2) is 9.84 Å². The van der Waals surface area contributed by atoms with E-state index in [0.717, 1.165) is 4.88 Å². The molecule has 116 valence electrons. The maximum atomic E-state index is 12.3. The Morgan fingerprint density at radius 3 is 2.81 bits per heavy atom. The molecule has 1 aromatic heterocycles. The normalized spacial score (nSPS) is 21.6. The second-order valence-corrected chi connectivity index (χ2v) is 8.23. The molecule has 6 nitrogen and oxygen atoms in total. The third-order valence-corrected chi connectivity index (χ3v) is 6.69. The van der Waals surface area contributed by atoms with Crippen LogP contribution in [-0.4, -0.2) is 50.5 Å². The Morgan fingerprint density at radius 2 is 2.19 bits per heavy atom. The van der Waals surface area contributed by atoms with Crippen LogP contribution in [0.25, 0.3) is 0 Å². The number of amides is 2. The van der Waals surface area contributed by atoms with E-state index in [9.17, 15) is 18.0 Å². The Labute approximate surface area is 128 Å². The summed E-state index contributed by atoms with van der Waals surface area (Å²) >= 11 is 1.43. The van der Waals surface area contributed by atoms with E-state index < -0.39 is 15.1 Å². The van der Waals surface area contributed by atoms with Crippen LogP contribution in [0.4, 0.5) is 0 Å². The topological polar surface area (TPSA) is 83.6 Å². The first-order valence-corrected chi connectivity index (χ1v) is 9.27. The van der Waals surface area contributed by atoms with Crippen molar-refractivity contribution in [3.8, 4) is 0 Å². The van der Waals surface area contributed by atoms with Crippen molar-refractivity contribution in [2.45, 2.75) is 18.6 Å². The molecule has 0 bridgehead atoms. The monoisotopic (exact) mass is 330 g/mol. The third-order valence-electron chi connectivity index (χ3n) is 3.44. The Kier molecular flexibility index (Phi) is 5.00. The highest BCUT2D eigenvalue weighted by molar-refractivity contribution is 7.91. The Hall–Kier alpha value is -1.41. The third kappa shape index (κ3) is 4.04. The fraction of sp³-hybridized carbons (Fsp3) is 0.538. The minimum Gasteiger partial charge on any atom is -0.347 e. The number of carbonyl (C=O) groups excluding carboxylic acids is 2. The van der Waals surface area contributed by atoms with Crippen molar-refractivity contribution >= 4 is 33.0 Å². The first kappa shape index (κ1) is 16.0. The van der Waals surface area contributed by atoms with Gasteiger partial charge in [-0.15, -0.1) is 11.3 Å². The molecule has 2 rings (SSSR count). The van der Waals surface area contributed by atoms with Crippen LogP contribution < -0.4 is 5.32 Å². The highest BCUT2D eigenvalue weighted by Gasteiger charge is 2.33. The zero-order valence-corrected chi connectivity index (χ0v) is 13.4. The predicted molar refractivity (Wildman–Crippen MR) is 80.7 cm³/mol. The number of rotatable bonds is 3. The zero-order chi connectivity index (χ0) is 15.5. The standard InChI is InChI=1S/C13H18N2O4S2/c1-10(16)14-9-13(17)15-5-4-12(11-3-2-7-20-11)21(18,19)8-6-15/h2-3,7,12H,4-6,8-9H2,1H3,(H,14,16)/t12-/m1/s1. The summed E-state index contributed by atoms with van der Waals surface area (Å²) in [5.41, 5.74) is 0. The van der Waals surface area contributed by atoms with Gasteiger partial charge in [-0.1, -0.05) is 6.07 Å². The molecular formula is C13H18N2O4S2. The van der Waals surface area contributed by atoms with Crippen molar-refractivity contribution in [1.29, 1.82) is 0 Å². The van der Waals surface area contributed by atoms with E-state index in [0.29, 0.717) is 13.0 Å². The quantitative estimate of drug-likeness (QED) is 0.878. The minimum absolute atomic E-state index is 0.0403. The lowest BCUT2D eigenvalue weighted by molar-refractivity contribution is -0.132. The van der Waals surface area contributed by atoms with E-state index in [1.165, 1.54) is 23.2 Å². The van der Waals surface area contributed by atoms with Crippen LogP contribution in [0.15, 0.2) is 17.5 Å². The number of sulfone groups is 1. The molecule has 0 aromatic carbocycles. The SMILES string of the molecule is CC(=O)NCC(=O)N1CC[C@H](c2cccs2)S(=O)(=O)CC1. The van der Waals surface area contributed by atoms with Gasteiger partial charge >= 0.3 is 0 Å². The average molecular weight is 330 g/mol. The lowest BCUT2D eigenvalue weighted by atomic mass is 10.2. The molecule has 1 aliphatic heterocycles. The molecule has 0 radical (unpaired) electrons. The van der Waals surface area contributed by atoms with E-state index in [4.69, 9.17) is 0 Å². The summed E-state index contributed by atoms with van der Waals surface area (Å²) in [6.45, 7) is 1.83. The van der Waals surface area contributed by atoms with Crippen LogP contribution in [0.2, 0.25) is 0 Å². The van der Waals surface area contributed by atoms with Gasteiger partial charge in [0.05, 0.1) is 17.5 Å². The Bertz CT molecular complexity index is 610. The van der Waals surface area contributed by atoms with Gasteiger partial charge in [-0.25, -0.2) is 8.42 Å². The van der Waals surface area contributed by atoms with Gasteiger partial charge in [0.25, 0.3) is 0 Å². The first-order chi connectivity index (χ1) is 9.90. The number of hydrogen-bond donors (Lipinski definition) is 1. The molecule has 0 aliphatic carbocycles. The Morgan fingerprint density at radius 1 is 1.43 bits per heavy atom. The van der Waals surface area contributed by atoms with E-state index in [2.05, 4.69) is 5.32 Å². The predicted octanol–water partition coefficient (Wildman–Crippen LogP) is 0.572. The molecule has 1 fully saturated rings. The highest BCUT2D eigenvalue weighted by atomic mass is 32.2. The molecule has 1 saturated heterocycles. The summed E-state index contributed by atoms with van der Waals surface area (Å²) in [5, 5.41) is 3.77. The molecule has 8 heteroatoms. The second-order valence-electron chi connectivity index (χ2n) is 4.95. The van der Waals surface area contributed by atoms with Crippen molar-refractivity contribution in [1.82, 2.24) is 10.2 Å². The van der Waals surface area contributed by atoms with Gasteiger partial charge in [-0.2, -0.15) is 0 Å². The van der Waals surface area contributed by atoms with Crippen LogP contribution in [0, 0.1) is 0 Å². The van der Waals surface area contributed by atoms with Crippen LogP contribution in [0.5, 0.6) is 0 Å². The van der Waals surface area contributed by atoms with Crippen LogP contribution in [0.3, 0.4) is 0 Å². The summed E-state index contributed by atoms with van der Waals surface area (Å²) < 4.78 is 24.7. The van der Waals surface area contributed by atoms with Crippen LogP contribution >= 0.6 is 11.3 Å². The Balaban J connectivity index is 2.06. The van der Waals surface area contributed by atoms with Gasteiger partial charge in [0, 0.05) is 24.9 Å². The number of thiophene rings is 1. The number of nitrogens with zero attached hydrogens (tertiary/aromatic N) is 1. The molecule has 21 heavy (non-hydrogen) atoms. The molecule has 1 aliphatic rings. The summed E-state index contributed by atoms with van der Waals surface area (Å²) in [4.78, 5) is 25.2. The molecule has 2 heterocycles. The van der Waals surface area contributed by atoms with E-state index in [1.54, 1.807) is 0 Å². The lowest BCUT2D eigenvalue weighted by Crippen LogP contribution is -2.40. The lowest BCUT2D eigenvalue weighted by Gasteiger charge is -2.19.